The predicted octanol–water partition coefficient (Wildman–Crippen LogP) is 3.11. The Morgan fingerprint density at radius 3 is 2.56 bits per heavy atom. The second kappa shape index (κ2) is 8.19. The van der Waals surface area contributed by atoms with Crippen molar-refractivity contribution in [3.05, 3.63) is 35.6 Å². The third-order valence-corrected chi connectivity index (χ3v) is 5.71. The van der Waals surface area contributed by atoms with Crippen LogP contribution in [0.4, 0.5) is 4.39 Å². The molecule has 3 atom stereocenters. The van der Waals surface area contributed by atoms with E-state index in [0.29, 0.717) is 24.2 Å². The Bertz CT molecular complexity index is 719. The van der Waals surface area contributed by atoms with Gasteiger partial charge < -0.3 is 9.64 Å². The van der Waals surface area contributed by atoms with Crippen molar-refractivity contribution in [3.63, 3.8) is 0 Å². The Hall–Kier alpha value is -2.24. The number of Topliss-reactive ketones (excluding diaryl/α,β-unsaturated/α-hetero) is 1. The number of halogens is 1. The second-order valence-corrected chi connectivity index (χ2v) is 7.80. The first-order valence-corrected chi connectivity index (χ1v) is 9.58. The summed E-state index contributed by atoms with van der Waals surface area (Å²) in [6.45, 7) is 1.79. The van der Waals surface area contributed by atoms with Crippen LogP contribution in [0.1, 0.15) is 44.6 Å². The van der Waals surface area contributed by atoms with Crippen molar-refractivity contribution in [2.24, 2.45) is 17.8 Å². The van der Waals surface area contributed by atoms with Gasteiger partial charge in [-0.25, -0.2) is 4.39 Å². The van der Waals surface area contributed by atoms with Gasteiger partial charge in [0.05, 0.1) is 5.92 Å². The van der Waals surface area contributed by atoms with Gasteiger partial charge in [-0.2, -0.15) is 0 Å². The molecule has 2 aliphatic rings. The monoisotopic (exact) mass is 375 g/mol. The van der Waals surface area contributed by atoms with Gasteiger partial charge in [-0.15, -0.1) is 0 Å². The lowest BCUT2D eigenvalue weighted by Crippen LogP contribution is -2.42. The van der Waals surface area contributed by atoms with Crippen molar-refractivity contribution in [3.8, 4) is 0 Å². The number of carbonyl (C=O) groups excluding carboxylic acids is 3. The van der Waals surface area contributed by atoms with E-state index in [1.54, 1.807) is 26.1 Å². The maximum atomic E-state index is 13.3. The van der Waals surface area contributed by atoms with Crippen molar-refractivity contribution in [2.45, 2.75) is 51.7 Å². The highest BCUT2D eigenvalue weighted by Crippen LogP contribution is 2.40. The lowest BCUT2D eigenvalue weighted by Gasteiger charge is -2.36. The summed E-state index contributed by atoms with van der Waals surface area (Å²) in [4.78, 5) is 38.6. The molecule has 0 saturated heterocycles. The molecule has 1 aromatic rings. The summed E-state index contributed by atoms with van der Waals surface area (Å²) in [5.41, 5.74) is 0.669. The summed E-state index contributed by atoms with van der Waals surface area (Å²) in [7, 11) is 1.60. The normalized spacial score (nSPS) is 25.6. The van der Waals surface area contributed by atoms with Crippen molar-refractivity contribution in [2.75, 3.05) is 7.05 Å². The molecule has 2 saturated carbocycles. The quantitative estimate of drug-likeness (QED) is 0.742. The minimum absolute atomic E-state index is 0.0308. The first-order chi connectivity index (χ1) is 12.8. The van der Waals surface area contributed by atoms with Gasteiger partial charge in [-0.05, 0) is 50.3 Å². The van der Waals surface area contributed by atoms with E-state index in [-0.39, 0.29) is 42.0 Å². The zero-order valence-corrected chi connectivity index (χ0v) is 15.8. The molecular weight excluding hydrogens is 349 g/mol. The predicted molar refractivity (Wildman–Crippen MR) is 97.0 cm³/mol. The number of rotatable bonds is 5. The fourth-order valence-electron chi connectivity index (χ4n) is 4.29. The van der Waals surface area contributed by atoms with Crippen LogP contribution in [-0.4, -0.2) is 35.7 Å². The van der Waals surface area contributed by atoms with E-state index >= 15 is 0 Å². The molecule has 1 aromatic carbocycles. The third kappa shape index (κ3) is 4.54. The lowest BCUT2D eigenvalue weighted by atomic mass is 9.67. The van der Waals surface area contributed by atoms with Gasteiger partial charge in [0.2, 0.25) is 0 Å². The molecule has 6 heteroatoms. The van der Waals surface area contributed by atoms with Crippen LogP contribution < -0.4 is 0 Å². The number of amides is 1. The first-order valence-electron chi connectivity index (χ1n) is 9.58. The molecule has 0 aliphatic heterocycles. The molecule has 146 valence electrons. The molecule has 0 N–H and O–H groups in total. The Labute approximate surface area is 158 Å². The number of ether oxygens (including phenoxy) is 1. The lowest BCUT2D eigenvalue weighted by molar-refractivity contribution is -0.165. The minimum atomic E-state index is -0.909. The van der Waals surface area contributed by atoms with Gasteiger partial charge in [0.15, 0.2) is 6.10 Å². The highest BCUT2D eigenvalue weighted by atomic mass is 19.1. The topological polar surface area (TPSA) is 63.7 Å². The zero-order valence-electron chi connectivity index (χ0n) is 15.8. The molecular formula is C21H26FNO4. The average Bonchev–Trinajstić information content (AvgIpc) is 2.60. The van der Waals surface area contributed by atoms with Crippen molar-refractivity contribution >= 4 is 17.7 Å². The highest BCUT2D eigenvalue weighted by molar-refractivity contribution is 5.88. The molecule has 27 heavy (non-hydrogen) atoms. The average molecular weight is 375 g/mol. The van der Waals surface area contributed by atoms with Crippen LogP contribution in [0.15, 0.2) is 24.3 Å². The maximum absolute atomic E-state index is 13.3. The zero-order chi connectivity index (χ0) is 19.6. The number of hydrogen-bond acceptors (Lipinski definition) is 4. The second-order valence-electron chi connectivity index (χ2n) is 7.80. The van der Waals surface area contributed by atoms with Gasteiger partial charge in [0.1, 0.15) is 11.6 Å². The molecule has 2 bridgehead atoms. The fourth-order valence-corrected chi connectivity index (χ4v) is 4.29. The molecule has 0 spiro atoms. The van der Waals surface area contributed by atoms with E-state index in [2.05, 4.69) is 0 Å². The summed E-state index contributed by atoms with van der Waals surface area (Å²) in [5, 5.41) is 0. The Kier molecular flexibility index (Phi) is 5.92. The summed E-state index contributed by atoms with van der Waals surface area (Å²) < 4.78 is 18.7. The Morgan fingerprint density at radius 2 is 1.93 bits per heavy atom. The number of carbonyl (C=O) groups is 3. The molecule has 0 radical (unpaired) electrons. The molecule has 3 unspecified atom stereocenters. The van der Waals surface area contributed by atoms with Gasteiger partial charge in [-0.3, -0.25) is 14.4 Å². The molecule has 3 rings (SSSR count). The van der Waals surface area contributed by atoms with Crippen LogP contribution in [0.25, 0.3) is 0 Å². The minimum Gasteiger partial charge on any atom is -0.452 e. The van der Waals surface area contributed by atoms with E-state index in [0.717, 1.165) is 19.3 Å². The van der Waals surface area contributed by atoms with Crippen LogP contribution in [-0.2, 0) is 25.7 Å². The smallest absolute Gasteiger partial charge is 0.309 e. The van der Waals surface area contributed by atoms with Gasteiger partial charge in [0.25, 0.3) is 5.91 Å². The Balaban J connectivity index is 1.54. The van der Waals surface area contributed by atoms with E-state index < -0.39 is 6.10 Å². The molecule has 0 heterocycles. The van der Waals surface area contributed by atoms with Gasteiger partial charge >= 0.3 is 5.97 Å². The molecule has 2 aliphatic carbocycles. The van der Waals surface area contributed by atoms with Crippen LogP contribution >= 0.6 is 0 Å². The number of fused-ring (bicyclic) bond motifs is 2. The van der Waals surface area contributed by atoms with Gasteiger partial charge in [0, 0.05) is 25.4 Å². The largest absolute Gasteiger partial charge is 0.452 e. The highest BCUT2D eigenvalue weighted by Gasteiger charge is 2.42. The van der Waals surface area contributed by atoms with Crippen LogP contribution in [0.5, 0.6) is 0 Å². The molecule has 0 aromatic heterocycles. The van der Waals surface area contributed by atoms with Crippen molar-refractivity contribution in [1.29, 1.82) is 0 Å². The summed E-state index contributed by atoms with van der Waals surface area (Å²) in [6, 6.07) is 6.05. The number of nitrogens with zero attached hydrogens (tertiary/aromatic N) is 1. The van der Waals surface area contributed by atoms with Crippen LogP contribution in [0, 0.1) is 23.6 Å². The number of esters is 1. The SMILES string of the molecule is CC(OC(=O)C1CC2CCCC(C1)C2=O)C(=O)N(C)Cc1cccc(F)c1. The van der Waals surface area contributed by atoms with Crippen LogP contribution in [0.2, 0.25) is 0 Å². The maximum Gasteiger partial charge on any atom is 0.309 e. The summed E-state index contributed by atoms with van der Waals surface area (Å²) >= 11 is 0. The number of benzene rings is 1. The first kappa shape index (κ1) is 19.5. The summed E-state index contributed by atoms with van der Waals surface area (Å²) in [6.07, 6.45) is 2.91. The van der Waals surface area contributed by atoms with Crippen molar-refractivity contribution in [1.82, 2.24) is 4.90 Å². The summed E-state index contributed by atoms with van der Waals surface area (Å²) in [5.74, 6) is -1.15. The molecule has 5 nitrogen and oxygen atoms in total. The molecule has 2 fully saturated rings. The third-order valence-electron chi connectivity index (χ3n) is 5.71. The van der Waals surface area contributed by atoms with Gasteiger partial charge in [-0.1, -0.05) is 18.6 Å². The molecule has 1 amide bonds. The standard InChI is InChI=1S/C21H26FNO4/c1-13(20(25)23(2)12-14-5-3-8-18(22)9-14)27-21(26)17-10-15-6-4-7-16(11-17)19(15)24/h3,5,8-9,13,15-17H,4,6-7,10-12H2,1-2H3. The van der Waals surface area contributed by atoms with Crippen molar-refractivity contribution < 1.29 is 23.5 Å². The van der Waals surface area contributed by atoms with E-state index in [4.69, 9.17) is 4.74 Å². The Morgan fingerprint density at radius 1 is 1.26 bits per heavy atom. The van der Waals surface area contributed by atoms with E-state index in [1.165, 1.54) is 17.0 Å². The number of ketones is 1. The van der Waals surface area contributed by atoms with Crippen LogP contribution in [0.3, 0.4) is 0 Å². The van der Waals surface area contributed by atoms with E-state index in [9.17, 15) is 18.8 Å². The number of likely N-dealkylation sites (N-methyl/N-ethyl adjacent to an activating group) is 1. The van der Waals surface area contributed by atoms with E-state index in [1.807, 2.05) is 0 Å². The number of hydrogen-bond donors (Lipinski definition) is 0. The fraction of sp³-hybridized carbons (Fsp3) is 0.571.